The Morgan fingerprint density at radius 3 is 2.83 bits per heavy atom. The van der Waals surface area contributed by atoms with Crippen LogP contribution in [0.15, 0.2) is 39.5 Å². The smallest absolute Gasteiger partial charge is 0.121 e. The first-order chi connectivity index (χ1) is 8.72. The van der Waals surface area contributed by atoms with Gasteiger partial charge < -0.3 is 9.73 Å². The van der Waals surface area contributed by atoms with E-state index in [0.717, 1.165) is 28.8 Å². The number of furan rings is 1. The van der Waals surface area contributed by atoms with Gasteiger partial charge in [0.1, 0.15) is 11.5 Å². The molecule has 1 atom stereocenters. The summed E-state index contributed by atoms with van der Waals surface area (Å²) in [6.07, 6.45) is 5.47. The molecule has 0 aliphatic heterocycles. The normalized spacial score (nSPS) is 12.6. The molecular formula is C14H17BrN2O. The van der Waals surface area contributed by atoms with Crippen LogP contribution in [-0.2, 0) is 12.8 Å². The van der Waals surface area contributed by atoms with Gasteiger partial charge in [0.25, 0.3) is 0 Å². The summed E-state index contributed by atoms with van der Waals surface area (Å²) >= 11 is 3.44. The van der Waals surface area contributed by atoms with E-state index in [1.165, 1.54) is 5.56 Å². The summed E-state index contributed by atoms with van der Waals surface area (Å²) in [7, 11) is 1.95. The lowest BCUT2D eigenvalue weighted by Crippen LogP contribution is -2.18. The first-order valence-corrected chi connectivity index (χ1v) is 6.87. The van der Waals surface area contributed by atoms with Gasteiger partial charge in [-0.3, -0.25) is 4.98 Å². The van der Waals surface area contributed by atoms with E-state index in [0.29, 0.717) is 0 Å². The van der Waals surface area contributed by atoms with Crippen molar-refractivity contribution >= 4 is 15.9 Å². The predicted octanol–water partition coefficient (Wildman–Crippen LogP) is 3.50. The maximum Gasteiger partial charge on any atom is 0.121 e. The van der Waals surface area contributed by atoms with Crippen molar-refractivity contribution in [3.05, 3.63) is 52.1 Å². The van der Waals surface area contributed by atoms with Crippen molar-refractivity contribution in [1.29, 1.82) is 0 Å². The number of nitrogens with zero attached hydrogens (tertiary/aromatic N) is 1. The van der Waals surface area contributed by atoms with E-state index >= 15 is 0 Å². The fraction of sp³-hybridized carbons (Fsp3) is 0.357. The molecule has 0 aromatic carbocycles. The molecule has 0 fully saturated rings. The third-order valence-electron chi connectivity index (χ3n) is 2.92. The summed E-state index contributed by atoms with van der Waals surface area (Å²) in [4.78, 5) is 4.18. The molecule has 0 amide bonds. The molecule has 1 unspecified atom stereocenters. The number of hydrogen-bond donors (Lipinski definition) is 1. The first-order valence-electron chi connectivity index (χ1n) is 6.08. The van der Waals surface area contributed by atoms with E-state index in [1.54, 1.807) is 6.20 Å². The summed E-state index contributed by atoms with van der Waals surface area (Å²) in [6.45, 7) is 2.09. The summed E-state index contributed by atoms with van der Waals surface area (Å²) < 4.78 is 6.80. The van der Waals surface area contributed by atoms with Gasteiger partial charge in [-0.15, -0.1) is 0 Å². The average Bonchev–Trinajstić information content (AvgIpc) is 2.84. The Morgan fingerprint density at radius 2 is 2.22 bits per heavy atom. The molecule has 0 saturated heterocycles. The van der Waals surface area contributed by atoms with Gasteiger partial charge in [0.05, 0.1) is 6.04 Å². The van der Waals surface area contributed by atoms with Gasteiger partial charge in [0.15, 0.2) is 0 Å². The Kier molecular flexibility index (Phi) is 4.55. The van der Waals surface area contributed by atoms with Crippen molar-refractivity contribution in [2.45, 2.75) is 25.8 Å². The van der Waals surface area contributed by atoms with E-state index in [-0.39, 0.29) is 6.04 Å². The molecule has 2 aromatic rings. The van der Waals surface area contributed by atoms with Crippen molar-refractivity contribution in [1.82, 2.24) is 10.3 Å². The lowest BCUT2D eigenvalue weighted by Gasteiger charge is -2.13. The lowest BCUT2D eigenvalue weighted by molar-refractivity contribution is 0.407. The number of pyridine rings is 1. The molecule has 2 heterocycles. The molecule has 96 valence electrons. The van der Waals surface area contributed by atoms with Crippen LogP contribution in [0.3, 0.4) is 0 Å². The molecule has 0 radical (unpaired) electrons. The van der Waals surface area contributed by atoms with E-state index in [2.05, 4.69) is 39.2 Å². The standard InChI is InChI=1S/C14H17BrN2O/c1-3-12-4-5-14(18-12)13(16-2)7-10-6-11(15)9-17-8-10/h4-6,8-9,13,16H,3,7H2,1-2H3. The molecule has 4 heteroatoms. The fourth-order valence-corrected chi connectivity index (χ4v) is 2.33. The molecular weight excluding hydrogens is 292 g/mol. The molecule has 2 aromatic heterocycles. The van der Waals surface area contributed by atoms with Crippen molar-refractivity contribution < 1.29 is 4.42 Å². The average molecular weight is 309 g/mol. The van der Waals surface area contributed by atoms with Crippen LogP contribution in [0.4, 0.5) is 0 Å². The molecule has 1 N–H and O–H groups in total. The van der Waals surface area contributed by atoms with E-state index in [4.69, 9.17) is 4.42 Å². The molecule has 0 saturated carbocycles. The number of likely N-dealkylation sites (N-methyl/N-ethyl adjacent to an activating group) is 1. The summed E-state index contributed by atoms with van der Waals surface area (Å²) in [6, 6.07) is 6.35. The van der Waals surface area contributed by atoms with Gasteiger partial charge in [-0.2, -0.15) is 0 Å². The van der Waals surface area contributed by atoms with E-state index < -0.39 is 0 Å². The highest BCUT2D eigenvalue weighted by atomic mass is 79.9. The Morgan fingerprint density at radius 1 is 1.39 bits per heavy atom. The molecule has 0 spiro atoms. The molecule has 0 bridgehead atoms. The highest BCUT2D eigenvalue weighted by Gasteiger charge is 2.14. The topological polar surface area (TPSA) is 38.1 Å². The van der Waals surface area contributed by atoms with Crippen LogP contribution in [0.25, 0.3) is 0 Å². The Bertz CT molecular complexity index is 510. The largest absolute Gasteiger partial charge is 0.464 e. The number of halogens is 1. The second kappa shape index (κ2) is 6.16. The van der Waals surface area contributed by atoms with Crippen molar-refractivity contribution in [3.63, 3.8) is 0 Å². The zero-order chi connectivity index (χ0) is 13.0. The minimum atomic E-state index is 0.182. The third-order valence-corrected chi connectivity index (χ3v) is 3.36. The number of nitrogens with one attached hydrogen (secondary N) is 1. The predicted molar refractivity (Wildman–Crippen MR) is 75.5 cm³/mol. The van der Waals surface area contributed by atoms with Crippen LogP contribution < -0.4 is 5.32 Å². The van der Waals surface area contributed by atoms with Gasteiger partial charge >= 0.3 is 0 Å². The Balaban J connectivity index is 2.14. The third kappa shape index (κ3) is 3.21. The monoisotopic (exact) mass is 308 g/mol. The lowest BCUT2D eigenvalue weighted by atomic mass is 10.1. The summed E-state index contributed by atoms with van der Waals surface area (Å²) in [5.74, 6) is 2.01. The number of hydrogen-bond acceptors (Lipinski definition) is 3. The van der Waals surface area contributed by atoms with E-state index in [9.17, 15) is 0 Å². The summed E-state index contributed by atoms with van der Waals surface area (Å²) in [5, 5.41) is 3.29. The first kappa shape index (κ1) is 13.3. The highest BCUT2D eigenvalue weighted by Crippen LogP contribution is 2.22. The highest BCUT2D eigenvalue weighted by molar-refractivity contribution is 9.10. The molecule has 18 heavy (non-hydrogen) atoms. The molecule has 2 rings (SSSR count). The van der Waals surface area contributed by atoms with Crippen molar-refractivity contribution in [3.8, 4) is 0 Å². The van der Waals surface area contributed by atoms with Crippen molar-refractivity contribution in [2.75, 3.05) is 7.05 Å². The molecule has 0 aliphatic carbocycles. The number of aromatic nitrogens is 1. The van der Waals surface area contributed by atoms with Gasteiger partial charge in [-0.05, 0) is 53.2 Å². The van der Waals surface area contributed by atoms with Gasteiger partial charge in [0, 0.05) is 23.3 Å². The zero-order valence-corrected chi connectivity index (χ0v) is 12.2. The minimum Gasteiger partial charge on any atom is -0.464 e. The SMILES string of the molecule is CCc1ccc(C(Cc2cncc(Br)c2)NC)o1. The van der Waals surface area contributed by atoms with Gasteiger partial charge in [-0.1, -0.05) is 6.92 Å². The summed E-state index contributed by atoms with van der Waals surface area (Å²) in [5.41, 5.74) is 1.18. The van der Waals surface area contributed by atoms with Crippen LogP contribution in [0.1, 0.15) is 30.0 Å². The molecule has 0 aliphatic rings. The minimum absolute atomic E-state index is 0.182. The maximum absolute atomic E-state index is 5.79. The number of aryl methyl sites for hydroxylation is 1. The van der Waals surface area contributed by atoms with Gasteiger partial charge in [-0.25, -0.2) is 0 Å². The second-order valence-corrected chi connectivity index (χ2v) is 5.13. The zero-order valence-electron chi connectivity index (χ0n) is 10.6. The van der Waals surface area contributed by atoms with Crippen LogP contribution in [-0.4, -0.2) is 12.0 Å². The van der Waals surface area contributed by atoms with Crippen LogP contribution >= 0.6 is 15.9 Å². The van der Waals surface area contributed by atoms with Crippen LogP contribution in [0.5, 0.6) is 0 Å². The fourth-order valence-electron chi connectivity index (χ4n) is 1.92. The van der Waals surface area contributed by atoms with Crippen LogP contribution in [0.2, 0.25) is 0 Å². The Labute approximate surface area is 116 Å². The number of rotatable bonds is 5. The van der Waals surface area contributed by atoms with Crippen molar-refractivity contribution in [2.24, 2.45) is 0 Å². The second-order valence-electron chi connectivity index (χ2n) is 4.21. The van der Waals surface area contributed by atoms with E-state index in [1.807, 2.05) is 25.4 Å². The Hall–Kier alpha value is -1.13. The van der Waals surface area contributed by atoms with Crippen LogP contribution in [0, 0.1) is 0 Å². The maximum atomic E-state index is 5.79. The quantitative estimate of drug-likeness (QED) is 0.918. The molecule has 3 nitrogen and oxygen atoms in total. The van der Waals surface area contributed by atoms with Gasteiger partial charge in [0.2, 0.25) is 0 Å².